The van der Waals surface area contributed by atoms with Crippen molar-refractivity contribution in [3.8, 4) is 11.5 Å². The van der Waals surface area contributed by atoms with Gasteiger partial charge in [0.2, 0.25) is 0 Å². The third-order valence-corrected chi connectivity index (χ3v) is 8.04. The van der Waals surface area contributed by atoms with Gasteiger partial charge in [0.25, 0.3) is 0 Å². The van der Waals surface area contributed by atoms with Crippen molar-refractivity contribution in [2.45, 2.75) is 72.3 Å². The zero-order chi connectivity index (χ0) is 29.6. The quantitative estimate of drug-likeness (QED) is 0.171. The predicted molar refractivity (Wildman–Crippen MR) is 157 cm³/mol. The van der Waals surface area contributed by atoms with Crippen LogP contribution in [0.15, 0.2) is 123 Å². The Hall–Kier alpha value is -3.33. The van der Waals surface area contributed by atoms with E-state index < -0.39 is 20.8 Å². The number of ether oxygens (including phenoxy) is 2. The normalized spacial score (nSPS) is 11.9. The monoisotopic (exact) mass is 582 g/mol. The third kappa shape index (κ3) is 10.0. The van der Waals surface area contributed by atoms with Gasteiger partial charge in [0.15, 0.2) is 14.7 Å². The van der Waals surface area contributed by atoms with Crippen LogP contribution in [0.2, 0.25) is 0 Å². The molecule has 0 saturated carbocycles. The molecule has 212 valence electrons. The number of benzene rings is 4. The Bertz CT molecular complexity index is 1400. The molecule has 0 radical (unpaired) electrons. The minimum Gasteiger partial charge on any atom is -0.744 e. The molecule has 0 aliphatic heterocycles. The molecule has 0 bridgehead atoms. The Labute approximate surface area is 240 Å². The second-order valence-corrected chi connectivity index (χ2v) is 14.3. The highest BCUT2D eigenvalue weighted by Crippen LogP contribution is 2.37. The molecule has 4 aromatic carbocycles. The van der Waals surface area contributed by atoms with Crippen LogP contribution in [0.1, 0.15) is 41.5 Å². The molecule has 40 heavy (non-hydrogen) atoms. The molecule has 0 unspecified atom stereocenters. The first-order chi connectivity index (χ1) is 18.6. The van der Waals surface area contributed by atoms with Crippen LogP contribution in [-0.2, 0) is 21.0 Å². The van der Waals surface area contributed by atoms with Crippen molar-refractivity contribution in [3.63, 3.8) is 0 Å². The summed E-state index contributed by atoms with van der Waals surface area (Å²) in [4.78, 5) is 3.31. The Morgan fingerprint density at radius 3 is 1.38 bits per heavy atom. The van der Waals surface area contributed by atoms with Crippen molar-refractivity contribution in [3.05, 3.63) is 109 Å². The first-order valence-corrected chi connectivity index (χ1v) is 15.3. The van der Waals surface area contributed by atoms with Crippen molar-refractivity contribution in [2.24, 2.45) is 0 Å². The fraction of sp³-hybridized carbons (Fsp3) is 0.250. The molecule has 0 aliphatic rings. The molecule has 0 atom stereocenters. The van der Waals surface area contributed by atoms with Crippen LogP contribution in [0.3, 0.4) is 0 Å². The van der Waals surface area contributed by atoms with Crippen LogP contribution >= 0.6 is 0 Å². The topological polar surface area (TPSA) is 75.7 Å². The zero-order valence-electron chi connectivity index (χ0n) is 23.6. The summed E-state index contributed by atoms with van der Waals surface area (Å²) in [6.07, 6.45) is 0. The molecule has 0 aliphatic carbocycles. The van der Waals surface area contributed by atoms with E-state index in [1.54, 1.807) is 0 Å². The Morgan fingerprint density at radius 2 is 1.02 bits per heavy atom. The van der Waals surface area contributed by atoms with E-state index in [1.807, 2.05) is 6.07 Å². The van der Waals surface area contributed by atoms with Crippen LogP contribution < -0.4 is 9.47 Å². The molecule has 0 saturated heterocycles. The van der Waals surface area contributed by atoms with Gasteiger partial charge in [-0.25, -0.2) is 12.8 Å². The SMILES string of the molecule is CC(C)(C)Oc1cc(OC(C)(C)C)cc([S+](c2ccccc2)c2ccccc2)c1.O=S(=O)([O-])c1ccc(F)cc1. The smallest absolute Gasteiger partial charge is 0.173 e. The summed E-state index contributed by atoms with van der Waals surface area (Å²) in [7, 11) is -4.69. The van der Waals surface area contributed by atoms with E-state index in [-0.39, 0.29) is 22.1 Å². The molecule has 0 fully saturated rings. The highest BCUT2D eigenvalue weighted by atomic mass is 32.2. The first kappa shape index (κ1) is 31.2. The molecule has 5 nitrogen and oxygen atoms in total. The predicted octanol–water partition coefficient (Wildman–Crippen LogP) is 7.87. The van der Waals surface area contributed by atoms with Crippen molar-refractivity contribution < 1.29 is 26.8 Å². The van der Waals surface area contributed by atoms with Gasteiger partial charge in [-0.2, -0.15) is 0 Å². The maximum absolute atomic E-state index is 12.2. The Kier molecular flexibility index (Phi) is 10.1. The van der Waals surface area contributed by atoms with Gasteiger partial charge >= 0.3 is 0 Å². The van der Waals surface area contributed by atoms with Crippen LogP contribution in [-0.4, -0.2) is 24.2 Å². The summed E-state index contributed by atoms with van der Waals surface area (Å²) >= 11 is 0. The van der Waals surface area contributed by atoms with Gasteiger partial charge in [-0.15, -0.1) is 0 Å². The molecule has 0 amide bonds. The van der Waals surface area contributed by atoms with E-state index in [0.29, 0.717) is 0 Å². The third-order valence-electron chi connectivity index (χ3n) is 5.00. The van der Waals surface area contributed by atoms with Gasteiger partial charge < -0.3 is 14.0 Å². The zero-order valence-corrected chi connectivity index (χ0v) is 25.2. The fourth-order valence-electron chi connectivity index (χ4n) is 3.61. The molecule has 8 heteroatoms. The van der Waals surface area contributed by atoms with E-state index in [0.717, 1.165) is 35.8 Å². The molecule has 0 heterocycles. The minimum absolute atomic E-state index is 0.252. The Morgan fingerprint density at radius 1 is 0.625 bits per heavy atom. The van der Waals surface area contributed by atoms with Gasteiger partial charge in [0.05, 0.1) is 15.8 Å². The largest absolute Gasteiger partial charge is 0.744 e. The van der Waals surface area contributed by atoms with Crippen LogP contribution in [0.25, 0.3) is 0 Å². The molecular formula is C32H35FO5S2. The number of hydrogen-bond acceptors (Lipinski definition) is 5. The minimum atomic E-state index is -4.44. The molecule has 0 spiro atoms. The summed E-state index contributed by atoms with van der Waals surface area (Å²) in [5, 5.41) is 0. The van der Waals surface area contributed by atoms with Crippen molar-refractivity contribution in [1.29, 1.82) is 0 Å². The van der Waals surface area contributed by atoms with Crippen LogP contribution in [0, 0.1) is 5.82 Å². The van der Waals surface area contributed by atoms with Crippen LogP contribution in [0.5, 0.6) is 11.5 Å². The van der Waals surface area contributed by atoms with Crippen molar-refractivity contribution >= 4 is 21.0 Å². The summed E-state index contributed by atoms with van der Waals surface area (Å²) < 4.78 is 55.5. The van der Waals surface area contributed by atoms with E-state index in [2.05, 4.69) is 114 Å². The highest BCUT2D eigenvalue weighted by molar-refractivity contribution is 7.97. The second-order valence-electron chi connectivity index (χ2n) is 10.9. The molecule has 0 aromatic heterocycles. The maximum Gasteiger partial charge on any atom is 0.173 e. The molecule has 0 N–H and O–H groups in total. The van der Waals surface area contributed by atoms with Crippen LogP contribution in [0.4, 0.5) is 4.39 Å². The summed E-state index contributed by atoms with van der Waals surface area (Å²) in [5.41, 5.74) is -0.564. The average Bonchev–Trinajstić information content (AvgIpc) is 2.83. The van der Waals surface area contributed by atoms with E-state index in [9.17, 15) is 17.4 Å². The van der Waals surface area contributed by atoms with Crippen molar-refractivity contribution in [2.75, 3.05) is 0 Å². The maximum atomic E-state index is 12.2. The van der Waals surface area contributed by atoms with E-state index in [1.165, 1.54) is 14.7 Å². The van der Waals surface area contributed by atoms with Gasteiger partial charge in [0, 0.05) is 18.2 Å². The molecular weight excluding hydrogens is 547 g/mol. The lowest BCUT2D eigenvalue weighted by molar-refractivity contribution is 0.120. The van der Waals surface area contributed by atoms with E-state index in [4.69, 9.17) is 9.47 Å². The average molecular weight is 583 g/mol. The lowest BCUT2D eigenvalue weighted by Gasteiger charge is -2.25. The lowest BCUT2D eigenvalue weighted by atomic mass is 10.2. The van der Waals surface area contributed by atoms with Gasteiger partial charge in [0.1, 0.15) is 38.6 Å². The fourth-order valence-corrected chi connectivity index (χ4v) is 6.22. The van der Waals surface area contributed by atoms with Crippen molar-refractivity contribution in [1.82, 2.24) is 0 Å². The standard InChI is InChI=1S/C26H31O2S.C6H5FO3S/c1-25(2,3)27-20-17-21(28-26(4,5)6)19-24(18-20)29(22-13-9-7-10-14-22)23-15-11-8-12-16-23;7-5-1-3-6(4-2-5)11(8,9)10/h7-19H,1-6H3;1-4H,(H,8,9,10)/q+1;/p-1. The number of hydrogen-bond donors (Lipinski definition) is 0. The first-order valence-electron chi connectivity index (χ1n) is 12.7. The van der Waals surface area contributed by atoms with Gasteiger partial charge in [-0.05, 0) is 90.1 Å². The number of halogens is 1. The summed E-state index contributed by atoms with van der Waals surface area (Å²) in [6, 6.07) is 31.3. The number of rotatable bonds is 6. The second kappa shape index (κ2) is 12.9. The Balaban J connectivity index is 0.000000336. The highest BCUT2D eigenvalue weighted by Gasteiger charge is 2.30. The summed E-state index contributed by atoms with van der Waals surface area (Å²) in [6.45, 7) is 12.4. The lowest BCUT2D eigenvalue weighted by Crippen LogP contribution is -2.24. The molecule has 4 rings (SSSR count). The van der Waals surface area contributed by atoms with Gasteiger partial charge in [-0.1, -0.05) is 36.4 Å². The molecule has 4 aromatic rings. The summed E-state index contributed by atoms with van der Waals surface area (Å²) in [5.74, 6) is 1.09. The van der Waals surface area contributed by atoms with E-state index >= 15 is 0 Å². The van der Waals surface area contributed by atoms with Gasteiger partial charge in [-0.3, -0.25) is 0 Å².